The van der Waals surface area contributed by atoms with E-state index in [9.17, 15) is 14.9 Å². The second-order valence-corrected chi connectivity index (χ2v) is 10.7. The number of ketones is 1. The van der Waals surface area contributed by atoms with Gasteiger partial charge in [0.1, 0.15) is 12.4 Å². The van der Waals surface area contributed by atoms with E-state index in [0.29, 0.717) is 52.1 Å². The average molecular weight is 556 g/mol. The van der Waals surface area contributed by atoms with Crippen LogP contribution in [0, 0.1) is 11.3 Å². The van der Waals surface area contributed by atoms with E-state index in [-0.39, 0.29) is 17.4 Å². The molecular weight excluding hydrogens is 530 g/mol. The van der Waals surface area contributed by atoms with Crippen LogP contribution in [0.5, 0.6) is 5.75 Å². The maximum atomic E-state index is 13.1. The van der Waals surface area contributed by atoms with Crippen LogP contribution in [0.15, 0.2) is 101 Å². The van der Waals surface area contributed by atoms with Crippen LogP contribution in [0.2, 0.25) is 5.02 Å². The molecule has 0 radical (unpaired) electrons. The number of nitrogens with one attached hydrogen (secondary N) is 2. The highest BCUT2D eigenvalue weighted by Crippen LogP contribution is 2.44. The van der Waals surface area contributed by atoms with Crippen LogP contribution in [0.3, 0.4) is 0 Å². The van der Waals surface area contributed by atoms with Crippen LogP contribution < -0.4 is 15.4 Å². The van der Waals surface area contributed by atoms with Crippen LogP contribution in [-0.4, -0.2) is 17.4 Å². The zero-order valence-electron chi connectivity index (χ0n) is 21.1. The fraction of sp³-hybridized carbons (Fsp3) is 0.194. The molecule has 1 heterocycles. The Bertz CT molecular complexity index is 1490. The van der Waals surface area contributed by atoms with Crippen molar-refractivity contribution in [3.63, 3.8) is 0 Å². The number of amides is 1. The Morgan fingerprint density at radius 1 is 1.08 bits per heavy atom. The Balaban J connectivity index is 1.37. The van der Waals surface area contributed by atoms with Crippen molar-refractivity contribution in [1.29, 1.82) is 5.26 Å². The molecule has 1 aliphatic heterocycles. The Morgan fingerprint density at radius 2 is 1.87 bits per heavy atom. The second kappa shape index (κ2) is 12.2. The third-order valence-corrected chi connectivity index (χ3v) is 7.83. The number of benzene rings is 3. The summed E-state index contributed by atoms with van der Waals surface area (Å²) in [5.41, 5.74) is 4.42. The normalized spacial score (nSPS) is 16.7. The number of ether oxygens (including phenoxy) is 1. The first-order valence-corrected chi connectivity index (χ1v) is 14.0. The molecule has 0 aromatic heterocycles. The lowest BCUT2D eigenvalue weighted by Gasteiger charge is -2.33. The number of anilines is 1. The number of Topliss-reactive ketones (excluding diaryl/α,β-unsaturated/α-hetero) is 1. The highest BCUT2D eigenvalue weighted by atomic mass is 35.5. The van der Waals surface area contributed by atoms with Crippen molar-refractivity contribution in [1.82, 2.24) is 5.32 Å². The van der Waals surface area contributed by atoms with Gasteiger partial charge in [-0.05, 0) is 54.3 Å². The lowest BCUT2D eigenvalue weighted by atomic mass is 9.77. The topological polar surface area (TPSA) is 91.2 Å². The standard InChI is InChI=1S/C31H26ClN3O3S/c32-22-8-4-9-23(16-22)34-28(37)19-39-31-25(17-33)29(30-26(35-31)10-5-11-27(30)36)21-12-14-24(15-13-21)38-18-20-6-2-1-3-7-20/h1-4,6-9,12-16,29,35H,5,10-11,18-19H2,(H,34,37). The molecular formula is C31H26ClN3O3S. The number of dihydropyridines is 1. The molecule has 0 saturated heterocycles. The minimum atomic E-state index is -0.499. The van der Waals surface area contributed by atoms with Crippen molar-refractivity contribution in [3.8, 4) is 11.8 Å². The van der Waals surface area contributed by atoms with Crippen LogP contribution in [0.1, 0.15) is 36.3 Å². The predicted molar refractivity (Wildman–Crippen MR) is 154 cm³/mol. The van der Waals surface area contributed by atoms with Gasteiger partial charge in [0, 0.05) is 28.4 Å². The third kappa shape index (κ3) is 6.36. The molecule has 196 valence electrons. The Labute approximate surface area is 236 Å². The molecule has 3 aromatic carbocycles. The molecule has 1 atom stereocenters. The van der Waals surface area contributed by atoms with Gasteiger partial charge < -0.3 is 15.4 Å². The van der Waals surface area contributed by atoms with E-state index in [1.165, 1.54) is 11.8 Å². The summed E-state index contributed by atoms with van der Waals surface area (Å²) in [6.07, 6.45) is 1.92. The minimum Gasteiger partial charge on any atom is -0.489 e. The molecule has 2 aliphatic rings. The molecule has 5 rings (SSSR count). The number of allylic oxidation sites excluding steroid dienone is 3. The molecule has 0 bridgehead atoms. The van der Waals surface area contributed by atoms with Crippen LogP contribution in [-0.2, 0) is 16.2 Å². The molecule has 6 nitrogen and oxygen atoms in total. The number of nitrogens with zero attached hydrogens (tertiary/aromatic N) is 1. The molecule has 2 N–H and O–H groups in total. The summed E-state index contributed by atoms with van der Waals surface area (Å²) in [5, 5.41) is 17.5. The zero-order chi connectivity index (χ0) is 27.2. The smallest absolute Gasteiger partial charge is 0.234 e. The number of rotatable bonds is 8. The van der Waals surface area contributed by atoms with Gasteiger partial charge in [0.15, 0.2) is 5.78 Å². The maximum absolute atomic E-state index is 13.1. The molecule has 3 aromatic rings. The maximum Gasteiger partial charge on any atom is 0.234 e. The molecule has 1 unspecified atom stereocenters. The van der Waals surface area contributed by atoms with Crippen molar-refractivity contribution in [3.05, 3.63) is 117 Å². The van der Waals surface area contributed by atoms with Gasteiger partial charge >= 0.3 is 0 Å². The van der Waals surface area contributed by atoms with Gasteiger partial charge in [-0.25, -0.2) is 0 Å². The lowest BCUT2D eigenvalue weighted by Crippen LogP contribution is -2.31. The molecule has 0 spiro atoms. The average Bonchev–Trinajstić information content (AvgIpc) is 2.95. The fourth-order valence-electron chi connectivity index (χ4n) is 4.77. The van der Waals surface area contributed by atoms with Gasteiger partial charge in [0.2, 0.25) is 5.91 Å². The van der Waals surface area contributed by atoms with Gasteiger partial charge in [-0.2, -0.15) is 5.26 Å². The zero-order valence-corrected chi connectivity index (χ0v) is 22.6. The second-order valence-electron chi connectivity index (χ2n) is 9.27. The lowest BCUT2D eigenvalue weighted by molar-refractivity contribution is -0.116. The number of carbonyl (C=O) groups is 2. The summed E-state index contributed by atoms with van der Waals surface area (Å²) < 4.78 is 5.93. The fourth-order valence-corrected chi connectivity index (χ4v) is 5.82. The van der Waals surface area contributed by atoms with E-state index in [1.807, 2.05) is 54.6 Å². The van der Waals surface area contributed by atoms with E-state index in [0.717, 1.165) is 23.2 Å². The summed E-state index contributed by atoms with van der Waals surface area (Å²) >= 11 is 7.28. The Hall–Kier alpha value is -3.99. The summed E-state index contributed by atoms with van der Waals surface area (Å²) in [4.78, 5) is 25.7. The van der Waals surface area contributed by atoms with E-state index in [2.05, 4.69) is 16.7 Å². The quantitative estimate of drug-likeness (QED) is 0.320. The van der Waals surface area contributed by atoms with Gasteiger partial charge in [0.25, 0.3) is 0 Å². The van der Waals surface area contributed by atoms with Crippen molar-refractivity contribution < 1.29 is 14.3 Å². The molecule has 1 aliphatic carbocycles. The summed E-state index contributed by atoms with van der Waals surface area (Å²) in [6, 6.07) is 26.7. The van der Waals surface area contributed by atoms with Gasteiger partial charge in [0.05, 0.1) is 28.3 Å². The highest BCUT2D eigenvalue weighted by molar-refractivity contribution is 8.03. The Kier molecular flexibility index (Phi) is 8.36. The number of carbonyl (C=O) groups excluding carboxylic acids is 2. The first-order valence-electron chi connectivity index (χ1n) is 12.6. The van der Waals surface area contributed by atoms with Gasteiger partial charge in [-0.3, -0.25) is 9.59 Å². The largest absolute Gasteiger partial charge is 0.489 e. The number of hydrogen-bond acceptors (Lipinski definition) is 6. The van der Waals surface area contributed by atoms with Crippen molar-refractivity contribution in [2.75, 3.05) is 11.1 Å². The summed E-state index contributed by atoms with van der Waals surface area (Å²) in [7, 11) is 0. The Morgan fingerprint density at radius 3 is 2.62 bits per heavy atom. The van der Waals surface area contributed by atoms with Crippen LogP contribution in [0.4, 0.5) is 5.69 Å². The number of hydrogen-bond donors (Lipinski definition) is 2. The number of nitriles is 1. The third-order valence-electron chi connectivity index (χ3n) is 6.58. The van der Waals surface area contributed by atoms with E-state index >= 15 is 0 Å². The first-order chi connectivity index (χ1) is 19.0. The van der Waals surface area contributed by atoms with E-state index < -0.39 is 5.92 Å². The number of thioether (sulfide) groups is 1. The molecule has 0 fully saturated rings. The first kappa shape index (κ1) is 26.6. The monoisotopic (exact) mass is 555 g/mol. The molecule has 39 heavy (non-hydrogen) atoms. The van der Waals surface area contributed by atoms with Crippen LogP contribution >= 0.6 is 23.4 Å². The highest BCUT2D eigenvalue weighted by Gasteiger charge is 2.37. The predicted octanol–water partition coefficient (Wildman–Crippen LogP) is 6.72. The van der Waals surface area contributed by atoms with E-state index in [4.69, 9.17) is 16.3 Å². The molecule has 8 heteroatoms. The molecule has 1 amide bonds. The van der Waals surface area contributed by atoms with E-state index in [1.54, 1.807) is 24.3 Å². The van der Waals surface area contributed by atoms with Crippen molar-refractivity contribution in [2.45, 2.75) is 31.8 Å². The summed E-state index contributed by atoms with van der Waals surface area (Å²) in [6.45, 7) is 0.447. The summed E-state index contributed by atoms with van der Waals surface area (Å²) in [5.74, 6) is 0.130. The molecule has 0 saturated carbocycles. The van der Waals surface area contributed by atoms with Gasteiger partial charge in [-0.15, -0.1) is 0 Å². The minimum absolute atomic E-state index is 0.0497. The van der Waals surface area contributed by atoms with Crippen LogP contribution in [0.25, 0.3) is 0 Å². The van der Waals surface area contributed by atoms with Crippen molar-refractivity contribution in [2.24, 2.45) is 0 Å². The van der Waals surface area contributed by atoms with Crippen molar-refractivity contribution >= 4 is 40.7 Å². The van der Waals surface area contributed by atoms with Gasteiger partial charge in [-0.1, -0.05) is 71.9 Å². The number of halogens is 1. The SMILES string of the molecule is N#CC1=C(SCC(=O)Nc2cccc(Cl)c2)NC2=C(C(=O)CCC2)C1c1ccc(OCc2ccccc2)cc1.